The van der Waals surface area contributed by atoms with Gasteiger partial charge in [0, 0.05) is 6.07 Å². The topological polar surface area (TPSA) is 66.4 Å². The molecule has 0 bridgehead atoms. The van der Waals surface area contributed by atoms with Gasteiger partial charge in [-0.15, -0.1) is 0 Å². The van der Waals surface area contributed by atoms with Crippen LogP contribution in [0.4, 0.5) is 8.78 Å². The Morgan fingerprint density at radius 1 is 1.10 bits per heavy atom. The molecule has 0 unspecified atom stereocenters. The zero-order valence-electron chi connectivity index (χ0n) is 11.5. The largest absolute Gasteiger partial charge is 0.480 e. The molecule has 0 radical (unpaired) electrons. The maximum absolute atomic E-state index is 13.6. The summed E-state index contributed by atoms with van der Waals surface area (Å²) in [5, 5.41) is 11.9. The second kappa shape index (κ2) is 6.20. The summed E-state index contributed by atoms with van der Waals surface area (Å²) in [6.45, 7) is 0. The van der Waals surface area contributed by atoms with Gasteiger partial charge in [0.2, 0.25) is 0 Å². The first-order valence-electron chi connectivity index (χ1n) is 6.95. The first kappa shape index (κ1) is 15.4. The lowest BCUT2D eigenvalue weighted by atomic mass is 9.90. The van der Waals surface area contributed by atoms with Gasteiger partial charge >= 0.3 is 5.97 Å². The smallest absolute Gasteiger partial charge is 0.329 e. The number of hydrogen-bond acceptors (Lipinski definition) is 2. The zero-order valence-corrected chi connectivity index (χ0v) is 11.5. The predicted octanol–water partition coefficient (Wildman–Crippen LogP) is 2.87. The first-order chi connectivity index (χ1) is 9.94. The lowest BCUT2D eigenvalue weighted by Gasteiger charge is -2.29. The summed E-state index contributed by atoms with van der Waals surface area (Å²) in [4.78, 5) is 23.7. The fourth-order valence-corrected chi connectivity index (χ4v) is 2.68. The number of carboxylic acid groups (broad SMARTS) is 1. The third-order valence-electron chi connectivity index (χ3n) is 3.90. The lowest BCUT2D eigenvalue weighted by Crippen LogP contribution is -2.54. The van der Waals surface area contributed by atoms with Gasteiger partial charge in [-0.25, -0.2) is 13.6 Å². The van der Waals surface area contributed by atoms with E-state index in [9.17, 15) is 23.5 Å². The number of carboxylic acids is 1. The maximum Gasteiger partial charge on any atom is 0.329 e. The molecule has 1 amide bonds. The highest BCUT2D eigenvalue weighted by Gasteiger charge is 2.40. The van der Waals surface area contributed by atoms with E-state index in [0.717, 1.165) is 25.0 Å². The summed E-state index contributed by atoms with van der Waals surface area (Å²) in [6, 6.07) is 2.60. The van der Waals surface area contributed by atoms with Gasteiger partial charge in [-0.2, -0.15) is 0 Å². The molecule has 1 aliphatic carbocycles. The number of halogens is 2. The van der Waals surface area contributed by atoms with Crippen molar-refractivity contribution in [1.29, 1.82) is 0 Å². The van der Waals surface area contributed by atoms with Crippen LogP contribution in [-0.4, -0.2) is 22.5 Å². The highest BCUT2D eigenvalue weighted by molar-refractivity contribution is 5.98. The number of benzene rings is 1. The highest BCUT2D eigenvalue weighted by atomic mass is 19.1. The van der Waals surface area contributed by atoms with Crippen molar-refractivity contribution in [2.45, 2.75) is 44.1 Å². The quantitative estimate of drug-likeness (QED) is 0.843. The molecular weight excluding hydrogens is 280 g/mol. The average Bonchev–Trinajstić information content (AvgIpc) is 2.65. The Morgan fingerprint density at radius 3 is 2.24 bits per heavy atom. The third kappa shape index (κ3) is 3.37. The summed E-state index contributed by atoms with van der Waals surface area (Å²) >= 11 is 0. The molecule has 21 heavy (non-hydrogen) atoms. The standard InChI is InChI=1S/C15H17F2NO3/c16-10-5-6-11(12(17)9-10)13(19)18-15(14(20)21)7-3-1-2-4-8-15/h5-6,9H,1-4,7-8H2,(H,18,19)(H,20,21). The normalized spacial score (nSPS) is 17.8. The van der Waals surface area contributed by atoms with Gasteiger partial charge in [-0.3, -0.25) is 4.79 Å². The molecule has 0 heterocycles. The minimum atomic E-state index is -1.37. The summed E-state index contributed by atoms with van der Waals surface area (Å²) in [6.07, 6.45) is 3.84. The van der Waals surface area contributed by atoms with E-state index in [1.54, 1.807) is 0 Å². The minimum Gasteiger partial charge on any atom is -0.480 e. The van der Waals surface area contributed by atoms with Crippen LogP contribution in [-0.2, 0) is 4.79 Å². The van der Waals surface area contributed by atoms with Crippen molar-refractivity contribution in [3.63, 3.8) is 0 Å². The van der Waals surface area contributed by atoms with Crippen molar-refractivity contribution < 1.29 is 23.5 Å². The van der Waals surface area contributed by atoms with Gasteiger partial charge < -0.3 is 10.4 Å². The molecular formula is C15H17F2NO3. The van der Waals surface area contributed by atoms with Crippen LogP contribution >= 0.6 is 0 Å². The molecule has 0 saturated heterocycles. The number of carbonyl (C=O) groups is 2. The molecule has 1 aromatic carbocycles. The second-order valence-electron chi connectivity index (χ2n) is 5.38. The summed E-state index contributed by atoms with van der Waals surface area (Å²) in [7, 11) is 0. The Hall–Kier alpha value is -1.98. The van der Waals surface area contributed by atoms with E-state index < -0.39 is 29.0 Å². The molecule has 1 aromatic rings. The Kier molecular flexibility index (Phi) is 4.55. The fraction of sp³-hybridized carbons (Fsp3) is 0.467. The van der Waals surface area contributed by atoms with E-state index in [4.69, 9.17) is 0 Å². The molecule has 1 saturated carbocycles. The molecule has 0 aliphatic heterocycles. The Bertz CT molecular complexity index is 552. The van der Waals surface area contributed by atoms with E-state index in [2.05, 4.69) is 5.32 Å². The zero-order chi connectivity index (χ0) is 15.5. The second-order valence-corrected chi connectivity index (χ2v) is 5.38. The summed E-state index contributed by atoms with van der Waals surface area (Å²) in [5.74, 6) is -3.72. The number of hydrogen-bond donors (Lipinski definition) is 2. The average molecular weight is 297 g/mol. The molecule has 0 aromatic heterocycles. The van der Waals surface area contributed by atoms with Gasteiger partial charge in [-0.1, -0.05) is 25.7 Å². The van der Waals surface area contributed by atoms with Gasteiger partial charge in [-0.05, 0) is 25.0 Å². The molecule has 6 heteroatoms. The van der Waals surface area contributed by atoms with Crippen molar-refractivity contribution in [3.8, 4) is 0 Å². The third-order valence-corrected chi connectivity index (χ3v) is 3.90. The minimum absolute atomic E-state index is 0.316. The highest BCUT2D eigenvalue weighted by Crippen LogP contribution is 2.28. The Labute approximate surface area is 121 Å². The van der Waals surface area contributed by atoms with Crippen molar-refractivity contribution in [2.75, 3.05) is 0 Å². The number of aliphatic carboxylic acids is 1. The lowest BCUT2D eigenvalue weighted by molar-refractivity contribution is -0.145. The van der Waals surface area contributed by atoms with E-state index >= 15 is 0 Å². The van der Waals surface area contributed by atoms with Gasteiger partial charge in [0.1, 0.15) is 17.2 Å². The van der Waals surface area contributed by atoms with Crippen LogP contribution in [0.25, 0.3) is 0 Å². The van der Waals surface area contributed by atoms with Crippen LogP contribution in [0.5, 0.6) is 0 Å². The Balaban J connectivity index is 2.24. The fourth-order valence-electron chi connectivity index (χ4n) is 2.68. The Morgan fingerprint density at radius 2 is 1.71 bits per heavy atom. The number of carbonyl (C=O) groups excluding carboxylic acids is 1. The van der Waals surface area contributed by atoms with E-state index in [0.29, 0.717) is 31.7 Å². The van der Waals surface area contributed by atoms with Gasteiger partial charge in [0.15, 0.2) is 0 Å². The van der Waals surface area contributed by atoms with E-state index in [1.165, 1.54) is 0 Å². The monoisotopic (exact) mass is 297 g/mol. The molecule has 1 aliphatic rings. The van der Waals surface area contributed by atoms with Crippen molar-refractivity contribution in [2.24, 2.45) is 0 Å². The predicted molar refractivity (Wildman–Crippen MR) is 71.9 cm³/mol. The van der Waals surface area contributed by atoms with Crippen LogP contribution in [0.1, 0.15) is 48.9 Å². The molecule has 114 valence electrons. The van der Waals surface area contributed by atoms with Crippen LogP contribution in [0.15, 0.2) is 18.2 Å². The molecule has 2 rings (SSSR count). The first-order valence-corrected chi connectivity index (χ1v) is 6.95. The maximum atomic E-state index is 13.6. The van der Waals surface area contributed by atoms with Crippen molar-refractivity contribution in [3.05, 3.63) is 35.4 Å². The van der Waals surface area contributed by atoms with Gasteiger partial charge in [0.05, 0.1) is 5.56 Å². The molecule has 0 atom stereocenters. The molecule has 0 spiro atoms. The molecule has 4 nitrogen and oxygen atoms in total. The van der Waals surface area contributed by atoms with Crippen LogP contribution < -0.4 is 5.32 Å². The molecule has 1 fully saturated rings. The van der Waals surface area contributed by atoms with Crippen LogP contribution in [0.2, 0.25) is 0 Å². The van der Waals surface area contributed by atoms with Crippen LogP contribution in [0, 0.1) is 11.6 Å². The van der Waals surface area contributed by atoms with Gasteiger partial charge in [0.25, 0.3) is 5.91 Å². The van der Waals surface area contributed by atoms with Crippen molar-refractivity contribution in [1.82, 2.24) is 5.32 Å². The molecule has 2 N–H and O–H groups in total. The number of amides is 1. The van der Waals surface area contributed by atoms with Crippen molar-refractivity contribution >= 4 is 11.9 Å². The van der Waals surface area contributed by atoms with E-state index in [1.807, 2.05) is 0 Å². The summed E-state index contributed by atoms with van der Waals surface area (Å²) < 4.78 is 26.5. The van der Waals surface area contributed by atoms with Crippen LogP contribution in [0.3, 0.4) is 0 Å². The number of rotatable bonds is 3. The number of nitrogens with one attached hydrogen (secondary N) is 1. The summed E-state index contributed by atoms with van der Waals surface area (Å²) in [5.41, 5.74) is -1.71. The van der Waals surface area contributed by atoms with E-state index in [-0.39, 0.29) is 5.56 Å². The SMILES string of the molecule is O=C(NC1(C(=O)O)CCCCCC1)c1ccc(F)cc1F.